The Kier molecular flexibility index (Phi) is 5.77. The highest BCUT2D eigenvalue weighted by Crippen LogP contribution is 2.36. The summed E-state index contributed by atoms with van der Waals surface area (Å²) in [6.45, 7) is 6.00. The summed E-state index contributed by atoms with van der Waals surface area (Å²) >= 11 is 0. The first-order chi connectivity index (χ1) is 9.20. The van der Waals surface area contributed by atoms with Gasteiger partial charge in [-0.15, -0.1) is 13.2 Å². The van der Waals surface area contributed by atoms with Crippen molar-refractivity contribution in [3.8, 4) is 5.75 Å². The Morgan fingerprint density at radius 3 is 2.42 bits per heavy atom. The van der Waals surface area contributed by atoms with Crippen molar-refractivity contribution in [2.45, 2.75) is 31.2 Å². The van der Waals surface area contributed by atoms with E-state index in [1.807, 2.05) is 19.2 Å². The van der Waals surface area contributed by atoms with Gasteiger partial charge in [0.15, 0.2) is 0 Å². The Labute approximate surface area is 115 Å². The minimum Gasteiger partial charge on any atom is -0.497 e. The van der Waals surface area contributed by atoms with Gasteiger partial charge >= 0.3 is 0 Å². The maximum absolute atomic E-state index is 11.4. The Balaban J connectivity index is 0.000000861. The number of hydrogen-bond acceptors (Lipinski definition) is 3. The molecule has 0 aliphatic heterocycles. The zero-order chi connectivity index (χ0) is 14.3. The van der Waals surface area contributed by atoms with Gasteiger partial charge in [-0.3, -0.25) is 4.79 Å². The minimum atomic E-state index is -0.0670. The molecule has 0 saturated heterocycles. The smallest absolute Gasteiger partial charge is 0.133 e. The summed E-state index contributed by atoms with van der Waals surface area (Å²) in [6, 6.07) is 8.12. The van der Waals surface area contributed by atoms with Crippen LogP contribution >= 0.6 is 0 Å². The fourth-order valence-corrected chi connectivity index (χ4v) is 2.56. The molecule has 1 N–H and O–H groups in total. The number of carbonyl (C=O) groups is 1. The highest BCUT2D eigenvalue weighted by atomic mass is 16.5. The van der Waals surface area contributed by atoms with Crippen molar-refractivity contribution in [2.75, 3.05) is 14.2 Å². The SMILES string of the molecule is C=C.CNC1(c2cccc(OC)c2)CCC(=O)CC1. The molecule has 1 fully saturated rings. The standard InChI is InChI=1S/C14H19NO2.C2H4/c1-15-14(8-6-12(16)7-9-14)11-4-3-5-13(10-11)17-2;1-2/h3-5,10,15H,6-9H2,1-2H3;1-2H2. The average Bonchev–Trinajstić information content (AvgIpc) is 2.50. The summed E-state index contributed by atoms with van der Waals surface area (Å²) in [5.74, 6) is 1.24. The molecule has 0 unspecified atom stereocenters. The van der Waals surface area contributed by atoms with Crippen LogP contribution in [0.1, 0.15) is 31.2 Å². The second kappa shape index (κ2) is 7.10. The first-order valence-corrected chi connectivity index (χ1v) is 6.55. The molecular formula is C16H23NO2. The van der Waals surface area contributed by atoms with Gasteiger partial charge in [-0.2, -0.15) is 0 Å². The van der Waals surface area contributed by atoms with E-state index in [4.69, 9.17) is 4.74 Å². The predicted octanol–water partition coefficient (Wildman–Crippen LogP) is 3.06. The second-order valence-corrected chi connectivity index (χ2v) is 4.60. The number of benzene rings is 1. The number of nitrogens with one attached hydrogen (secondary N) is 1. The summed E-state index contributed by atoms with van der Waals surface area (Å²) < 4.78 is 5.26. The molecule has 0 radical (unpaired) electrons. The lowest BCUT2D eigenvalue weighted by Crippen LogP contribution is -2.43. The van der Waals surface area contributed by atoms with Crippen molar-refractivity contribution >= 4 is 5.78 Å². The number of methoxy groups -OCH3 is 1. The summed E-state index contributed by atoms with van der Waals surface area (Å²) in [5, 5.41) is 3.40. The molecule has 1 aliphatic carbocycles. The van der Waals surface area contributed by atoms with Gasteiger partial charge in [-0.05, 0) is 37.6 Å². The first kappa shape index (κ1) is 15.4. The van der Waals surface area contributed by atoms with Crippen LogP contribution in [-0.2, 0) is 10.3 Å². The van der Waals surface area contributed by atoms with E-state index in [1.165, 1.54) is 5.56 Å². The van der Waals surface area contributed by atoms with E-state index in [0.29, 0.717) is 18.6 Å². The van der Waals surface area contributed by atoms with Crippen molar-refractivity contribution < 1.29 is 9.53 Å². The van der Waals surface area contributed by atoms with E-state index in [0.717, 1.165) is 18.6 Å². The Morgan fingerprint density at radius 2 is 1.89 bits per heavy atom. The third-order valence-corrected chi connectivity index (χ3v) is 3.76. The van der Waals surface area contributed by atoms with Crippen LogP contribution in [-0.4, -0.2) is 19.9 Å². The largest absolute Gasteiger partial charge is 0.497 e. The predicted molar refractivity (Wildman–Crippen MR) is 78.5 cm³/mol. The molecule has 104 valence electrons. The molecule has 1 aliphatic rings. The van der Waals surface area contributed by atoms with Gasteiger partial charge in [0.25, 0.3) is 0 Å². The zero-order valence-corrected chi connectivity index (χ0v) is 11.9. The van der Waals surface area contributed by atoms with Gasteiger partial charge in [0.05, 0.1) is 7.11 Å². The topological polar surface area (TPSA) is 38.3 Å². The van der Waals surface area contributed by atoms with Crippen LogP contribution in [0.3, 0.4) is 0 Å². The number of carbonyl (C=O) groups excluding carboxylic acids is 1. The molecule has 0 atom stereocenters. The summed E-state index contributed by atoms with van der Waals surface area (Å²) in [7, 11) is 3.64. The normalized spacial score (nSPS) is 17.3. The van der Waals surface area contributed by atoms with Gasteiger partial charge < -0.3 is 10.1 Å². The van der Waals surface area contributed by atoms with Crippen molar-refractivity contribution in [1.82, 2.24) is 5.32 Å². The molecule has 1 aromatic carbocycles. The Bertz CT molecular complexity index is 419. The van der Waals surface area contributed by atoms with Crippen LogP contribution in [0.5, 0.6) is 5.75 Å². The molecule has 19 heavy (non-hydrogen) atoms. The van der Waals surface area contributed by atoms with E-state index in [1.54, 1.807) is 7.11 Å². The average molecular weight is 261 g/mol. The lowest BCUT2D eigenvalue weighted by Gasteiger charge is -2.37. The lowest BCUT2D eigenvalue weighted by molar-refractivity contribution is -0.121. The van der Waals surface area contributed by atoms with E-state index < -0.39 is 0 Å². The van der Waals surface area contributed by atoms with E-state index in [9.17, 15) is 4.79 Å². The maximum Gasteiger partial charge on any atom is 0.133 e. The summed E-state index contributed by atoms with van der Waals surface area (Å²) in [4.78, 5) is 11.4. The molecule has 2 rings (SSSR count). The third kappa shape index (κ3) is 3.44. The fourth-order valence-electron chi connectivity index (χ4n) is 2.56. The molecule has 0 amide bonds. The van der Waals surface area contributed by atoms with Crippen molar-refractivity contribution in [3.63, 3.8) is 0 Å². The summed E-state index contributed by atoms with van der Waals surface area (Å²) in [6.07, 6.45) is 3.07. The van der Waals surface area contributed by atoms with Crippen LogP contribution < -0.4 is 10.1 Å². The molecule has 1 aromatic rings. The van der Waals surface area contributed by atoms with E-state index in [2.05, 4.69) is 30.6 Å². The third-order valence-electron chi connectivity index (χ3n) is 3.76. The van der Waals surface area contributed by atoms with Gasteiger partial charge in [0.1, 0.15) is 11.5 Å². The Morgan fingerprint density at radius 1 is 1.26 bits per heavy atom. The summed E-state index contributed by atoms with van der Waals surface area (Å²) in [5.41, 5.74) is 1.15. The first-order valence-electron chi connectivity index (χ1n) is 6.55. The highest BCUT2D eigenvalue weighted by molar-refractivity contribution is 5.79. The zero-order valence-electron chi connectivity index (χ0n) is 11.9. The van der Waals surface area contributed by atoms with Gasteiger partial charge in [0, 0.05) is 18.4 Å². The number of Topliss-reactive ketones (excluding diaryl/α,β-unsaturated/α-hetero) is 1. The molecule has 1 saturated carbocycles. The van der Waals surface area contributed by atoms with Crippen molar-refractivity contribution in [3.05, 3.63) is 43.0 Å². The van der Waals surface area contributed by atoms with E-state index in [-0.39, 0.29) is 5.54 Å². The van der Waals surface area contributed by atoms with Crippen LogP contribution in [0.2, 0.25) is 0 Å². The Hall–Kier alpha value is -1.61. The molecule has 0 spiro atoms. The van der Waals surface area contributed by atoms with Crippen molar-refractivity contribution in [2.24, 2.45) is 0 Å². The van der Waals surface area contributed by atoms with Crippen LogP contribution in [0.15, 0.2) is 37.4 Å². The van der Waals surface area contributed by atoms with Crippen LogP contribution in [0, 0.1) is 0 Å². The minimum absolute atomic E-state index is 0.0670. The molecule has 3 nitrogen and oxygen atoms in total. The highest BCUT2D eigenvalue weighted by Gasteiger charge is 2.34. The van der Waals surface area contributed by atoms with Crippen LogP contribution in [0.4, 0.5) is 0 Å². The quantitative estimate of drug-likeness (QED) is 0.850. The number of ether oxygens (including phenoxy) is 1. The van der Waals surface area contributed by atoms with Gasteiger partial charge in [0.2, 0.25) is 0 Å². The fraction of sp³-hybridized carbons (Fsp3) is 0.438. The molecule has 0 bridgehead atoms. The molecule has 0 heterocycles. The van der Waals surface area contributed by atoms with Gasteiger partial charge in [-0.25, -0.2) is 0 Å². The molecular weight excluding hydrogens is 238 g/mol. The monoisotopic (exact) mass is 261 g/mol. The number of hydrogen-bond donors (Lipinski definition) is 1. The second-order valence-electron chi connectivity index (χ2n) is 4.60. The number of ketones is 1. The van der Waals surface area contributed by atoms with Gasteiger partial charge in [-0.1, -0.05) is 12.1 Å². The number of rotatable bonds is 3. The van der Waals surface area contributed by atoms with Crippen molar-refractivity contribution in [1.29, 1.82) is 0 Å². The van der Waals surface area contributed by atoms with Crippen LogP contribution in [0.25, 0.3) is 0 Å². The molecule has 3 heteroatoms. The van der Waals surface area contributed by atoms with E-state index >= 15 is 0 Å². The lowest BCUT2D eigenvalue weighted by atomic mass is 9.76. The maximum atomic E-state index is 11.4. The molecule has 0 aromatic heterocycles.